The van der Waals surface area contributed by atoms with E-state index in [9.17, 15) is 30.8 Å². The van der Waals surface area contributed by atoms with Crippen molar-refractivity contribution in [2.24, 2.45) is 5.41 Å². The number of pyridine rings is 2. The molecule has 4 aromatic rings. The van der Waals surface area contributed by atoms with Gasteiger partial charge < -0.3 is 0 Å². The molecular formula is C32H26ClF4N5O3S. The highest BCUT2D eigenvalue weighted by atomic mass is 35.5. The van der Waals surface area contributed by atoms with Crippen LogP contribution < -0.4 is 0 Å². The second-order valence-corrected chi connectivity index (χ2v) is 14.1. The Hall–Kier alpha value is -3.94. The molecule has 0 unspecified atom stereocenters. The predicted octanol–water partition coefficient (Wildman–Crippen LogP) is 6.69. The van der Waals surface area contributed by atoms with Gasteiger partial charge >= 0.3 is 6.18 Å². The Morgan fingerprint density at radius 3 is 2.43 bits per heavy atom. The number of benzene rings is 1. The third kappa shape index (κ3) is 5.33. The SMILES string of the molecule is O=C(c1cc(C(F)(F)F)ccn1)[C@]12Cc3cnn(-c4ccc(F)cc4)c3C=C1CC[C@H](N(C1CC1)S(=O)(=O)c1ccc(Cl)cn1)C2. The molecule has 3 heterocycles. The molecule has 0 saturated heterocycles. The molecule has 14 heteroatoms. The van der Waals surface area contributed by atoms with E-state index in [4.69, 9.17) is 11.6 Å². The highest BCUT2D eigenvalue weighted by Gasteiger charge is 2.54. The Labute approximate surface area is 266 Å². The van der Waals surface area contributed by atoms with Crippen LogP contribution in [0.4, 0.5) is 17.6 Å². The van der Waals surface area contributed by atoms with E-state index in [1.807, 2.05) is 6.08 Å². The molecule has 2 atom stereocenters. The summed E-state index contributed by atoms with van der Waals surface area (Å²) in [6.45, 7) is 0. The van der Waals surface area contributed by atoms with E-state index in [1.54, 1.807) is 23.0 Å². The minimum absolute atomic E-state index is 0.0279. The summed E-state index contributed by atoms with van der Waals surface area (Å²) in [6, 6.07) is 9.16. The molecule has 2 saturated carbocycles. The van der Waals surface area contributed by atoms with Crippen LogP contribution in [-0.4, -0.2) is 50.3 Å². The molecule has 3 aliphatic carbocycles. The first-order valence-corrected chi connectivity index (χ1v) is 16.5. The normalized spacial score (nSPS) is 21.4. The van der Waals surface area contributed by atoms with Crippen molar-refractivity contribution in [1.29, 1.82) is 0 Å². The zero-order valence-electron chi connectivity index (χ0n) is 24.1. The number of carbonyl (C=O) groups excluding carboxylic acids is 1. The van der Waals surface area contributed by atoms with Crippen LogP contribution in [0.5, 0.6) is 0 Å². The minimum atomic E-state index is -4.69. The Morgan fingerprint density at radius 2 is 1.76 bits per heavy atom. The number of sulfonamides is 1. The van der Waals surface area contributed by atoms with Crippen molar-refractivity contribution in [3.05, 3.63) is 106 Å². The number of allylic oxidation sites excluding steroid dienone is 1. The van der Waals surface area contributed by atoms with Crippen molar-refractivity contribution in [1.82, 2.24) is 24.1 Å². The fourth-order valence-corrected chi connectivity index (χ4v) is 8.64. The number of carbonyl (C=O) groups is 1. The number of ketones is 1. The average molecular weight is 672 g/mol. The van der Waals surface area contributed by atoms with E-state index < -0.39 is 44.8 Å². The average Bonchev–Trinajstić information content (AvgIpc) is 3.78. The molecule has 0 bridgehead atoms. The summed E-state index contributed by atoms with van der Waals surface area (Å²) >= 11 is 5.97. The first kappa shape index (κ1) is 30.7. The quantitative estimate of drug-likeness (QED) is 0.161. The second-order valence-electron chi connectivity index (χ2n) is 11.9. The van der Waals surface area contributed by atoms with Gasteiger partial charge in [0.1, 0.15) is 11.5 Å². The number of aromatic nitrogens is 4. The van der Waals surface area contributed by atoms with Crippen molar-refractivity contribution in [2.45, 2.75) is 61.8 Å². The number of rotatable bonds is 7. The van der Waals surface area contributed by atoms with Gasteiger partial charge in [-0.15, -0.1) is 0 Å². The molecule has 3 aromatic heterocycles. The van der Waals surface area contributed by atoms with Crippen molar-refractivity contribution in [3.63, 3.8) is 0 Å². The lowest BCUT2D eigenvalue weighted by molar-refractivity contribution is -0.137. The van der Waals surface area contributed by atoms with Crippen LogP contribution in [0.25, 0.3) is 11.8 Å². The molecule has 2 fully saturated rings. The van der Waals surface area contributed by atoms with Crippen LogP contribution in [0.15, 0.2) is 77.7 Å². The number of Topliss-reactive ketones (excluding diaryl/α,β-unsaturated/α-hetero) is 1. The van der Waals surface area contributed by atoms with Crippen LogP contribution in [0.2, 0.25) is 5.02 Å². The highest BCUT2D eigenvalue weighted by Crippen LogP contribution is 2.52. The molecular weight excluding hydrogens is 646 g/mol. The van der Waals surface area contributed by atoms with Crippen LogP contribution >= 0.6 is 11.6 Å². The first-order chi connectivity index (χ1) is 21.9. The highest BCUT2D eigenvalue weighted by molar-refractivity contribution is 7.89. The lowest BCUT2D eigenvalue weighted by Crippen LogP contribution is -2.51. The fourth-order valence-electron chi connectivity index (χ4n) is 6.71. The third-order valence-electron chi connectivity index (χ3n) is 8.97. The maximum Gasteiger partial charge on any atom is 0.416 e. The van der Waals surface area contributed by atoms with Crippen molar-refractivity contribution in [2.75, 3.05) is 0 Å². The molecule has 0 aliphatic heterocycles. The zero-order valence-corrected chi connectivity index (χ0v) is 25.7. The summed E-state index contributed by atoms with van der Waals surface area (Å²) in [5.74, 6) is -1.03. The van der Waals surface area contributed by atoms with E-state index in [0.29, 0.717) is 48.2 Å². The van der Waals surface area contributed by atoms with Gasteiger partial charge in [-0.05, 0) is 98.7 Å². The number of halogens is 5. The summed E-state index contributed by atoms with van der Waals surface area (Å²) in [7, 11) is -4.11. The van der Waals surface area contributed by atoms with E-state index >= 15 is 0 Å². The second kappa shape index (κ2) is 11.1. The van der Waals surface area contributed by atoms with Gasteiger partial charge in [0, 0.05) is 24.5 Å². The molecule has 3 aliphatic rings. The maximum atomic E-state index is 14.5. The molecule has 46 heavy (non-hydrogen) atoms. The van der Waals surface area contributed by atoms with Gasteiger partial charge in [0.15, 0.2) is 10.8 Å². The topological polar surface area (TPSA) is 98.0 Å². The van der Waals surface area contributed by atoms with Gasteiger partial charge in [0.05, 0.1) is 33.6 Å². The monoisotopic (exact) mass is 671 g/mol. The third-order valence-corrected chi connectivity index (χ3v) is 11.1. The Morgan fingerprint density at radius 1 is 1.00 bits per heavy atom. The minimum Gasteiger partial charge on any atom is -0.291 e. The largest absolute Gasteiger partial charge is 0.416 e. The van der Waals surface area contributed by atoms with Gasteiger partial charge in [0.2, 0.25) is 0 Å². The summed E-state index contributed by atoms with van der Waals surface area (Å²) in [5.41, 5.74) is -0.186. The molecule has 0 N–H and O–H groups in total. The Kier molecular flexibility index (Phi) is 7.41. The lowest BCUT2D eigenvalue weighted by Gasteiger charge is -2.46. The lowest BCUT2D eigenvalue weighted by atomic mass is 9.60. The number of hydrogen-bond acceptors (Lipinski definition) is 6. The van der Waals surface area contributed by atoms with E-state index in [1.165, 1.54) is 34.8 Å². The Bertz CT molecular complexity index is 1980. The van der Waals surface area contributed by atoms with Gasteiger partial charge in [0.25, 0.3) is 10.0 Å². The van der Waals surface area contributed by atoms with Crippen LogP contribution in [0.1, 0.15) is 59.4 Å². The summed E-state index contributed by atoms with van der Waals surface area (Å²) in [6.07, 6.45) is 2.97. The number of fused-ring (bicyclic) bond motifs is 2. The Balaban J connectivity index is 1.33. The molecule has 238 valence electrons. The fraction of sp³-hybridized carbons (Fsp3) is 0.312. The van der Waals surface area contributed by atoms with Gasteiger partial charge in [-0.2, -0.15) is 22.6 Å². The maximum absolute atomic E-state index is 14.5. The number of hydrogen-bond donors (Lipinski definition) is 0. The van der Waals surface area contributed by atoms with Crippen LogP contribution in [0, 0.1) is 11.2 Å². The van der Waals surface area contributed by atoms with Gasteiger partial charge in [-0.3, -0.25) is 9.78 Å². The zero-order chi connectivity index (χ0) is 32.4. The van der Waals surface area contributed by atoms with E-state index in [0.717, 1.165) is 18.3 Å². The molecule has 8 nitrogen and oxygen atoms in total. The van der Waals surface area contributed by atoms with Crippen molar-refractivity contribution < 1.29 is 30.8 Å². The molecule has 0 radical (unpaired) electrons. The molecule has 0 amide bonds. The van der Waals surface area contributed by atoms with Crippen molar-refractivity contribution >= 4 is 33.5 Å². The molecule has 7 rings (SSSR count). The summed E-state index contributed by atoms with van der Waals surface area (Å²) in [5, 5.41) is 4.60. The van der Waals surface area contributed by atoms with Crippen molar-refractivity contribution in [3.8, 4) is 5.69 Å². The summed E-state index contributed by atoms with van der Waals surface area (Å²) < 4.78 is 85.8. The smallest absolute Gasteiger partial charge is 0.291 e. The van der Waals surface area contributed by atoms with E-state index in [2.05, 4.69) is 15.1 Å². The molecule has 1 aromatic carbocycles. The first-order valence-electron chi connectivity index (χ1n) is 14.6. The number of alkyl halides is 3. The van der Waals surface area contributed by atoms with Crippen LogP contribution in [0.3, 0.4) is 0 Å². The predicted molar refractivity (Wildman–Crippen MR) is 160 cm³/mol. The molecule has 0 spiro atoms. The standard InChI is InChI=1S/C32H26ClF4N5O3S/c33-22-2-10-29(39-18-22)46(44,45)42(25-8-9-25)26-5-1-20-14-28-19(17-40-41(28)24-6-3-23(34)4-7-24)15-31(20,16-26)30(43)27-13-21(11-12-38-27)32(35,36)37/h2-4,6-7,10-14,17-18,25-26H,1,5,8-9,15-16H2/t26-,31-/m0/s1. The van der Waals surface area contributed by atoms with Gasteiger partial charge in [-0.25, -0.2) is 22.5 Å². The summed E-state index contributed by atoms with van der Waals surface area (Å²) in [4.78, 5) is 22.7. The van der Waals surface area contributed by atoms with Crippen LogP contribution in [-0.2, 0) is 22.6 Å². The number of nitrogens with zero attached hydrogens (tertiary/aromatic N) is 5. The van der Waals surface area contributed by atoms with E-state index in [-0.39, 0.29) is 34.6 Å². The van der Waals surface area contributed by atoms with Gasteiger partial charge in [-0.1, -0.05) is 17.2 Å².